The molecule has 2 aliphatic heterocycles. The first kappa shape index (κ1) is 23.6. The number of hydrogen-bond donors (Lipinski definition) is 0. The zero-order chi connectivity index (χ0) is 23.9. The molecule has 0 spiro atoms. The average Bonchev–Trinajstić information content (AvgIpc) is 3.45. The molecule has 0 N–H and O–H groups in total. The molecule has 1 fully saturated rings. The highest BCUT2D eigenvalue weighted by atomic mass is 32.1. The van der Waals surface area contributed by atoms with Crippen LogP contribution in [0, 0.1) is 23.3 Å². The maximum Gasteiger partial charge on any atom is 0.176 e. The largest absolute Gasteiger partial charge is 0.373 e. The summed E-state index contributed by atoms with van der Waals surface area (Å²) >= 11 is 1.23. The summed E-state index contributed by atoms with van der Waals surface area (Å²) in [6, 6.07) is 12.8. The molecule has 34 heavy (non-hydrogen) atoms. The van der Waals surface area contributed by atoms with Crippen LogP contribution in [-0.4, -0.2) is 29.6 Å². The van der Waals surface area contributed by atoms with Crippen molar-refractivity contribution in [3.63, 3.8) is 0 Å². The number of fused-ring (bicyclic) bond motifs is 1. The van der Waals surface area contributed by atoms with Crippen LogP contribution < -0.4 is 0 Å². The van der Waals surface area contributed by atoms with Crippen LogP contribution in [0.5, 0.6) is 0 Å². The van der Waals surface area contributed by atoms with Gasteiger partial charge in [0, 0.05) is 34.3 Å². The summed E-state index contributed by atoms with van der Waals surface area (Å²) in [5.74, 6) is -0.191. The molecule has 2 unspecified atom stereocenters. The Morgan fingerprint density at radius 3 is 2.76 bits per heavy atom. The van der Waals surface area contributed by atoms with E-state index in [1.807, 2.05) is 25.3 Å². The van der Waals surface area contributed by atoms with Gasteiger partial charge in [0.15, 0.2) is 5.13 Å². The Morgan fingerprint density at radius 2 is 2.03 bits per heavy atom. The molecule has 2 aliphatic rings. The lowest BCUT2D eigenvalue weighted by molar-refractivity contribution is -0.0561. The molecule has 5 rings (SSSR count). The molecule has 6 heteroatoms. The second kappa shape index (κ2) is 9.14. The molecular weight excluding hydrogens is 450 g/mol. The quantitative estimate of drug-likeness (QED) is 0.396. The third-order valence-corrected chi connectivity index (χ3v) is 8.82. The van der Waals surface area contributed by atoms with E-state index in [4.69, 9.17) is 4.74 Å². The van der Waals surface area contributed by atoms with E-state index in [9.17, 15) is 8.78 Å². The predicted octanol–water partition coefficient (Wildman–Crippen LogP) is 6.60. The zero-order valence-electron chi connectivity index (χ0n) is 20.1. The lowest BCUT2D eigenvalue weighted by atomic mass is 9.72. The van der Waals surface area contributed by atoms with E-state index in [-0.39, 0.29) is 28.0 Å². The molecule has 3 nitrogen and oxygen atoms in total. The van der Waals surface area contributed by atoms with Crippen molar-refractivity contribution >= 4 is 11.3 Å². The Morgan fingerprint density at radius 1 is 1.18 bits per heavy atom. The van der Waals surface area contributed by atoms with Gasteiger partial charge in [0.2, 0.25) is 0 Å². The lowest BCUT2D eigenvalue weighted by Gasteiger charge is -2.43. The van der Waals surface area contributed by atoms with Gasteiger partial charge in [-0.2, -0.15) is 4.39 Å². The van der Waals surface area contributed by atoms with Gasteiger partial charge in [0.1, 0.15) is 5.82 Å². The van der Waals surface area contributed by atoms with Crippen LogP contribution in [0.3, 0.4) is 0 Å². The number of benzene rings is 1. The van der Waals surface area contributed by atoms with Crippen molar-refractivity contribution in [2.45, 2.75) is 58.1 Å². The second-order valence-electron chi connectivity index (χ2n) is 10.3. The summed E-state index contributed by atoms with van der Waals surface area (Å²) in [5, 5.41) is -0.139. The molecule has 2 aromatic heterocycles. The molecular formula is C28H32F2N2OS. The van der Waals surface area contributed by atoms with Gasteiger partial charge in [0.05, 0.1) is 12.7 Å². The van der Waals surface area contributed by atoms with Gasteiger partial charge in [0.25, 0.3) is 0 Å². The fourth-order valence-electron chi connectivity index (χ4n) is 5.72. The Labute approximate surface area is 204 Å². The summed E-state index contributed by atoms with van der Waals surface area (Å²) < 4.78 is 34.2. The Kier molecular flexibility index (Phi) is 6.34. The molecule has 0 bridgehead atoms. The summed E-state index contributed by atoms with van der Waals surface area (Å²) in [6.45, 7) is 8.93. The summed E-state index contributed by atoms with van der Waals surface area (Å²) in [6.07, 6.45) is 5.31. The van der Waals surface area contributed by atoms with Crippen molar-refractivity contribution in [3.05, 3.63) is 86.9 Å². The minimum absolute atomic E-state index is 0.0985. The first-order valence-corrected chi connectivity index (χ1v) is 12.9. The third kappa shape index (κ3) is 4.43. The summed E-state index contributed by atoms with van der Waals surface area (Å²) in [5.41, 5.74) is 4.06. The highest BCUT2D eigenvalue weighted by Crippen LogP contribution is 2.52. The first-order chi connectivity index (χ1) is 16.3. The highest BCUT2D eigenvalue weighted by Gasteiger charge is 2.50. The van der Waals surface area contributed by atoms with Crippen LogP contribution in [0.15, 0.2) is 48.7 Å². The van der Waals surface area contributed by atoms with Gasteiger partial charge >= 0.3 is 0 Å². The number of aryl methyl sites for hydroxylation is 2. The molecule has 1 saturated heterocycles. The number of nitrogens with zero attached hydrogens (tertiary/aromatic N) is 2. The third-order valence-electron chi connectivity index (χ3n) is 7.89. The fraction of sp³-hybridized carbons (Fsp3) is 0.464. The van der Waals surface area contributed by atoms with Crippen molar-refractivity contribution in [1.29, 1.82) is 0 Å². The van der Waals surface area contributed by atoms with E-state index < -0.39 is 0 Å². The van der Waals surface area contributed by atoms with Gasteiger partial charge < -0.3 is 4.74 Å². The van der Waals surface area contributed by atoms with Crippen LogP contribution in [0.25, 0.3) is 0 Å². The van der Waals surface area contributed by atoms with Crippen LogP contribution in [0.4, 0.5) is 8.78 Å². The minimum atomic E-state index is -0.191. The Hall–Kier alpha value is -2.15. The molecule has 0 amide bonds. The number of rotatable bonds is 6. The van der Waals surface area contributed by atoms with E-state index in [2.05, 4.69) is 35.9 Å². The number of likely N-dealkylation sites (tertiary alicyclic amines) is 1. The molecule has 1 aromatic carbocycles. The van der Waals surface area contributed by atoms with Crippen molar-refractivity contribution in [2.24, 2.45) is 5.41 Å². The van der Waals surface area contributed by atoms with Crippen LogP contribution in [0.1, 0.15) is 60.1 Å². The molecule has 0 saturated carbocycles. The lowest BCUT2D eigenvalue weighted by Crippen LogP contribution is -2.43. The standard InChI is InChI=1S/C28H32F2N2OS/c1-19-4-5-21(17-31-19)27(2,3)32-14-13-28(18-32,12-10-23-7-9-25(30)34-23)26-24-8-6-22(29)16-20(24)11-15-33-26/h4-9,16-17,26H,10-15,18H2,1-3H3. The number of aromatic nitrogens is 1. The summed E-state index contributed by atoms with van der Waals surface area (Å²) in [4.78, 5) is 8.14. The maximum atomic E-state index is 14.0. The molecule has 0 aliphatic carbocycles. The average molecular weight is 483 g/mol. The fourth-order valence-corrected chi connectivity index (χ4v) is 6.45. The maximum absolute atomic E-state index is 14.0. The van der Waals surface area contributed by atoms with E-state index in [1.54, 1.807) is 18.2 Å². The van der Waals surface area contributed by atoms with Gasteiger partial charge in [-0.15, -0.1) is 11.3 Å². The van der Waals surface area contributed by atoms with Crippen molar-refractivity contribution < 1.29 is 13.5 Å². The molecule has 0 radical (unpaired) electrons. The SMILES string of the molecule is Cc1ccc(C(C)(C)N2CCC(CCc3ccc(F)s3)(C3OCCc4cc(F)ccc43)C2)cn1. The number of hydrogen-bond acceptors (Lipinski definition) is 4. The number of ether oxygens (including phenoxy) is 1. The van der Waals surface area contributed by atoms with Crippen molar-refractivity contribution in [1.82, 2.24) is 9.88 Å². The monoisotopic (exact) mass is 482 g/mol. The van der Waals surface area contributed by atoms with Gasteiger partial charge in [-0.3, -0.25) is 9.88 Å². The minimum Gasteiger partial charge on any atom is -0.373 e. The van der Waals surface area contributed by atoms with Gasteiger partial charge in [-0.05, 0) is 100 Å². The predicted molar refractivity (Wildman–Crippen MR) is 132 cm³/mol. The Balaban J connectivity index is 1.48. The zero-order valence-corrected chi connectivity index (χ0v) is 20.9. The van der Waals surface area contributed by atoms with Crippen LogP contribution >= 0.6 is 11.3 Å². The topological polar surface area (TPSA) is 25.4 Å². The molecule has 4 heterocycles. The van der Waals surface area contributed by atoms with Crippen LogP contribution in [-0.2, 0) is 23.1 Å². The van der Waals surface area contributed by atoms with E-state index >= 15 is 0 Å². The normalized spacial score (nSPS) is 23.3. The van der Waals surface area contributed by atoms with Crippen molar-refractivity contribution in [3.8, 4) is 0 Å². The van der Waals surface area contributed by atoms with Gasteiger partial charge in [-0.1, -0.05) is 12.1 Å². The number of pyridine rings is 1. The van der Waals surface area contributed by atoms with E-state index in [1.165, 1.54) is 16.9 Å². The second-order valence-corrected chi connectivity index (χ2v) is 11.4. The number of thiophene rings is 1. The molecule has 180 valence electrons. The first-order valence-electron chi connectivity index (χ1n) is 12.1. The number of halogens is 2. The van der Waals surface area contributed by atoms with E-state index in [0.29, 0.717) is 6.61 Å². The summed E-state index contributed by atoms with van der Waals surface area (Å²) in [7, 11) is 0. The molecule has 3 aromatic rings. The molecule has 2 atom stereocenters. The van der Waals surface area contributed by atoms with Gasteiger partial charge in [-0.25, -0.2) is 4.39 Å². The smallest absolute Gasteiger partial charge is 0.176 e. The van der Waals surface area contributed by atoms with Crippen molar-refractivity contribution in [2.75, 3.05) is 19.7 Å². The highest BCUT2D eigenvalue weighted by molar-refractivity contribution is 7.10. The Bertz CT molecular complexity index is 1160. The van der Waals surface area contributed by atoms with Crippen LogP contribution in [0.2, 0.25) is 0 Å². The van der Waals surface area contributed by atoms with E-state index in [0.717, 1.165) is 60.5 Å².